The number of nitrogens with zero attached hydrogens (tertiary/aromatic N) is 2. The number of carbonyl (C=O) groups is 2. The van der Waals surface area contributed by atoms with Gasteiger partial charge in [-0.2, -0.15) is 0 Å². The summed E-state index contributed by atoms with van der Waals surface area (Å²) in [6.45, 7) is 7.20. The van der Waals surface area contributed by atoms with Crippen LogP contribution < -0.4 is 0 Å². The van der Waals surface area contributed by atoms with E-state index in [9.17, 15) is 9.59 Å². The number of benzene rings is 1. The number of hydrogen-bond donors (Lipinski definition) is 0. The monoisotopic (exact) mass is 374 g/mol. The first-order chi connectivity index (χ1) is 12.8. The molecule has 2 heterocycles. The lowest BCUT2D eigenvalue weighted by Gasteiger charge is -2.34. The number of rotatable bonds is 2. The molecule has 2 amide bonds. The van der Waals surface area contributed by atoms with Gasteiger partial charge in [-0.25, -0.2) is 9.59 Å². The maximum absolute atomic E-state index is 12.7. The fourth-order valence-electron chi connectivity index (χ4n) is 3.93. The van der Waals surface area contributed by atoms with Gasteiger partial charge in [0, 0.05) is 13.1 Å². The van der Waals surface area contributed by atoms with Crippen LogP contribution in [-0.2, 0) is 16.1 Å². The Hall–Kier alpha value is -2.24. The van der Waals surface area contributed by atoms with Crippen LogP contribution >= 0.6 is 0 Å². The van der Waals surface area contributed by atoms with Crippen LogP contribution in [0, 0.1) is 0 Å². The van der Waals surface area contributed by atoms with Gasteiger partial charge < -0.3 is 19.3 Å². The summed E-state index contributed by atoms with van der Waals surface area (Å²) in [6, 6.07) is 9.69. The number of likely N-dealkylation sites (tertiary alicyclic amines) is 2. The van der Waals surface area contributed by atoms with Crippen LogP contribution in [0.2, 0.25) is 0 Å². The topological polar surface area (TPSA) is 59.1 Å². The summed E-state index contributed by atoms with van der Waals surface area (Å²) in [5.41, 5.74) is 0.448. The highest BCUT2D eigenvalue weighted by Crippen LogP contribution is 2.31. The third-order valence-corrected chi connectivity index (χ3v) is 5.13. The van der Waals surface area contributed by atoms with Crippen LogP contribution in [0.3, 0.4) is 0 Å². The van der Waals surface area contributed by atoms with Gasteiger partial charge in [0.25, 0.3) is 0 Å². The quantitative estimate of drug-likeness (QED) is 0.779. The minimum Gasteiger partial charge on any atom is -0.445 e. The highest BCUT2D eigenvalue weighted by Gasteiger charge is 2.44. The van der Waals surface area contributed by atoms with Crippen LogP contribution in [0.1, 0.15) is 52.0 Å². The number of ether oxygens (including phenoxy) is 2. The minimum atomic E-state index is -0.522. The van der Waals surface area contributed by atoms with Crippen molar-refractivity contribution in [2.45, 2.75) is 70.7 Å². The van der Waals surface area contributed by atoms with Crippen molar-refractivity contribution in [2.75, 3.05) is 13.1 Å². The van der Waals surface area contributed by atoms with Crippen LogP contribution in [0.4, 0.5) is 9.59 Å². The maximum atomic E-state index is 12.7. The predicted octanol–water partition coefficient (Wildman–Crippen LogP) is 4.19. The van der Waals surface area contributed by atoms with Gasteiger partial charge in [0.2, 0.25) is 0 Å². The third kappa shape index (κ3) is 4.93. The second kappa shape index (κ2) is 8.19. The minimum absolute atomic E-state index is 0.00305. The molecule has 0 radical (unpaired) electrons. The highest BCUT2D eigenvalue weighted by atomic mass is 16.6. The third-order valence-electron chi connectivity index (χ3n) is 5.13. The van der Waals surface area contributed by atoms with E-state index in [0.29, 0.717) is 13.1 Å². The molecular formula is C21H30N2O4. The summed E-state index contributed by atoms with van der Waals surface area (Å²) in [5, 5.41) is 0. The number of fused-ring (bicyclic) bond motifs is 1. The van der Waals surface area contributed by atoms with E-state index >= 15 is 0 Å². The summed E-state index contributed by atoms with van der Waals surface area (Å²) in [5.74, 6) is 0. The first-order valence-electron chi connectivity index (χ1n) is 9.82. The zero-order chi connectivity index (χ0) is 19.4. The molecular weight excluding hydrogens is 344 g/mol. The van der Waals surface area contributed by atoms with Crippen molar-refractivity contribution in [3.8, 4) is 0 Å². The molecule has 1 aromatic carbocycles. The van der Waals surface area contributed by atoms with Crippen molar-refractivity contribution >= 4 is 12.2 Å². The molecule has 27 heavy (non-hydrogen) atoms. The van der Waals surface area contributed by atoms with Gasteiger partial charge in [0.05, 0.1) is 12.1 Å². The van der Waals surface area contributed by atoms with Crippen molar-refractivity contribution in [1.29, 1.82) is 0 Å². The van der Waals surface area contributed by atoms with Gasteiger partial charge in [-0.1, -0.05) is 30.3 Å². The summed E-state index contributed by atoms with van der Waals surface area (Å²) < 4.78 is 11.1. The summed E-state index contributed by atoms with van der Waals surface area (Å²) in [4.78, 5) is 29.0. The first-order valence-corrected chi connectivity index (χ1v) is 9.82. The standard InChI is InChI=1S/C21H30N2O4/c1-21(2,3)27-20(25)22-13-8-7-11-17-18(22)12-14-23(17)19(24)26-15-16-9-5-4-6-10-16/h4-6,9-10,17-18H,7-8,11-15H2,1-3H3. The Bertz CT molecular complexity index is 656. The van der Waals surface area contributed by atoms with Crippen LogP contribution in [0.15, 0.2) is 30.3 Å². The van der Waals surface area contributed by atoms with Gasteiger partial charge in [-0.05, 0) is 52.0 Å². The molecule has 2 unspecified atom stereocenters. The molecule has 148 valence electrons. The maximum Gasteiger partial charge on any atom is 0.410 e. The van der Waals surface area contributed by atoms with E-state index in [-0.39, 0.29) is 30.9 Å². The van der Waals surface area contributed by atoms with Crippen LogP contribution in [-0.4, -0.2) is 52.8 Å². The Morgan fingerprint density at radius 1 is 0.963 bits per heavy atom. The van der Waals surface area contributed by atoms with Crippen molar-refractivity contribution < 1.29 is 19.1 Å². The van der Waals surface area contributed by atoms with Crippen LogP contribution in [0.25, 0.3) is 0 Å². The molecule has 2 saturated heterocycles. The number of carbonyl (C=O) groups excluding carboxylic acids is 2. The second-order valence-corrected chi connectivity index (χ2v) is 8.33. The Labute approximate surface area is 161 Å². The molecule has 0 bridgehead atoms. The van der Waals surface area contributed by atoms with Gasteiger partial charge in [0.15, 0.2) is 0 Å². The second-order valence-electron chi connectivity index (χ2n) is 8.33. The summed E-state index contributed by atoms with van der Waals surface area (Å²) >= 11 is 0. The molecule has 0 aromatic heterocycles. The van der Waals surface area contributed by atoms with E-state index in [2.05, 4.69) is 0 Å². The number of amides is 2. The van der Waals surface area contributed by atoms with E-state index in [1.54, 1.807) is 4.90 Å². The summed E-state index contributed by atoms with van der Waals surface area (Å²) in [7, 11) is 0. The van der Waals surface area contributed by atoms with Crippen molar-refractivity contribution in [3.05, 3.63) is 35.9 Å². The van der Waals surface area contributed by atoms with Gasteiger partial charge in [-0.15, -0.1) is 0 Å². The smallest absolute Gasteiger partial charge is 0.410 e. The molecule has 0 saturated carbocycles. The Kier molecular flexibility index (Phi) is 5.92. The lowest BCUT2D eigenvalue weighted by Crippen LogP contribution is -2.49. The normalized spacial score (nSPS) is 22.8. The van der Waals surface area contributed by atoms with E-state index in [1.807, 2.05) is 56.0 Å². The fraction of sp³-hybridized carbons (Fsp3) is 0.619. The number of hydrogen-bond acceptors (Lipinski definition) is 4. The van der Waals surface area contributed by atoms with Crippen molar-refractivity contribution in [3.63, 3.8) is 0 Å². The molecule has 6 heteroatoms. The fourth-order valence-corrected chi connectivity index (χ4v) is 3.93. The van der Waals surface area contributed by atoms with Crippen LogP contribution in [0.5, 0.6) is 0 Å². The molecule has 0 spiro atoms. The molecule has 1 aromatic rings. The Morgan fingerprint density at radius 3 is 2.33 bits per heavy atom. The van der Waals surface area contributed by atoms with Crippen molar-refractivity contribution in [1.82, 2.24) is 9.80 Å². The zero-order valence-corrected chi connectivity index (χ0v) is 16.5. The Morgan fingerprint density at radius 2 is 1.63 bits per heavy atom. The Balaban J connectivity index is 1.64. The molecule has 0 aliphatic carbocycles. The largest absolute Gasteiger partial charge is 0.445 e. The summed E-state index contributed by atoms with van der Waals surface area (Å²) in [6.07, 6.45) is 3.01. The van der Waals surface area contributed by atoms with Gasteiger partial charge in [0.1, 0.15) is 12.2 Å². The van der Waals surface area contributed by atoms with E-state index in [1.165, 1.54) is 0 Å². The van der Waals surface area contributed by atoms with Gasteiger partial charge in [-0.3, -0.25) is 0 Å². The lowest BCUT2D eigenvalue weighted by atomic mass is 10.0. The molecule has 2 fully saturated rings. The molecule has 6 nitrogen and oxygen atoms in total. The SMILES string of the molecule is CC(C)(C)OC(=O)N1CCCCC2C1CCN2C(=O)OCc1ccccc1. The average molecular weight is 374 g/mol. The van der Waals surface area contributed by atoms with Gasteiger partial charge >= 0.3 is 12.2 Å². The molecule has 2 aliphatic rings. The average Bonchev–Trinajstić information content (AvgIpc) is 2.91. The molecule has 0 N–H and O–H groups in total. The zero-order valence-electron chi connectivity index (χ0n) is 16.5. The van der Waals surface area contributed by atoms with Crippen molar-refractivity contribution in [2.24, 2.45) is 0 Å². The highest BCUT2D eigenvalue weighted by molar-refractivity contribution is 5.71. The molecule has 3 rings (SSSR count). The molecule has 2 atom stereocenters. The van der Waals surface area contributed by atoms with E-state index in [4.69, 9.17) is 9.47 Å². The predicted molar refractivity (Wildman–Crippen MR) is 102 cm³/mol. The van der Waals surface area contributed by atoms with E-state index < -0.39 is 5.60 Å². The first kappa shape index (κ1) is 19.5. The van der Waals surface area contributed by atoms with E-state index in [0.717, 1.165) is 31.2 Å². The molecule has 2 aliphatic heterocycles. The lowest BCUT2D eigenvalue weighted by molar-refractivity contribution is 0.0135.